The van der Waals surface area contributed by atoms with Crippen LogP contribution in [0.5, 0.6) is 0 Å². The lowest BCUT2D eigenvalue weighted by atomic mass is 10.1. The van der Waals surface area contributed by atoms with Crippen LogP contribution in [0.3, 0.4) is 0 Å². The predicted octanol–water partition coefficient (Wildman–Crippen LogP) is 12.0. The Morgan fingerprint density at radius 3 is 1.05 bits per heavy atom. The van der Waals surface area contributed by atoms with Crippen molar-refractivity contribution in [2.45, 2.75) is 137 Å². The first-order valence-corrected chi connectivity index (χ1v) is 21.3. The fourth-order valence-electron chi connectivity index (χ4n) is 6.40. The topological polar surface area (TPSA) is 0 Å². The molecule has 0 atom stereocenters. The zero-order valence-electron chi connectivity index (χ0n) is 27.4. The average Bonchev–Trinajstić information content (AvgIpc) is 2.96. The Hall–Kier alpha value is -0.800. The van der Waals surface area contributed by atoms with Gasteiger partial charge >= 0.3 is 0 Å². The van der Waals surface area contributed by atoms with Gasteiger partial charge in [0, 0.05) is 18.1 Å². The van der Waals surface area contributed by atoms with E-state index in [-0.39, 0.29) is 4.90 Å². The van der Waals surface area contributed by atoms with Crippen molar-refractivity contribution in [1.82, 2.24) is 0 Å². The van der Waals surface area contributed by atoms with Crippen molar-refractivity contribution in [3.63, 3.8) is 0 Å². The molecule has 0 spiro atoms. The lowest BCUT2D eigenvalue weighted by Crippen LogP contribution is -2.39. The second-order valence-electron chi connectivity index (χ2n) is 12.0. The second kappa shape index (κ2) is 20.1. The Bertz CT molecular complexity index is 814. The van der Waals surface area contributed by atoms with Gasteiger partial charge < -0.3 is 0 Å². The van der Waals surface area contributed by atoms with Gasteiger partial charge in [0.15, 0.2) is 0 Å². The standard InChI is InChI=1S/C37H64P2/c1-9-16-29-38(30-17-10-2,31-18-11-3)37(8,28-27-36-25-23-35(22-15-7)24-26-36)39(32-19-12-4,33-20-13-5)34-21-14-6/h23-26H,9-14,16-21,29-34H2,1-8H3/q+2. The zero-order valence-corrected chi connectivity index (χ0v) is 29.2. The molecule has 0 nitrogen and oxygen atoms in total. The van der Waals surface area contributed by atoms with Gasteiger partial charge in [-0.2, -0.15) is 0 Å². The van der Waals surface area contributed by atoms with Gasteiger partial charge in [-0.15, -0.1) is 5.92 Å². The van der Waals surface area contributed by atoms with Crippen LogP contribution >= 0.6 is 14.5 Å². The molecule has 0 aliphatic rings. The van der Waals surface area contributed by atoms with Gasteiger partial charge in [0.25, 0.3) is 0 Å². The molecule has 0 aromatic heterocycles. The van der Waals surface area contributed by atoms with E-state index in [4.69, 9.17) is 0 Å². The van der Waals surface area contributed by atoms with E-state index in [1.165, 1.54) is 120 Å². The van der Waals surface area contributed by atoms with Gasteiger partial charge in [0.05, 0.1) is 51.5 Å². The molecule has 220 valence electrons. The van der Waals surface area contributed by atoms with Crippen molar-refractivity contribution in [3.05, 3.63) is 35.4 Å². The van der Waals surface area contributed by atoms with E-state index < -0.39 is 14.5 Å². The summed E-state index contributed by atoms with van der Waals surface area (Å²) in [5.41, 5.74) is 2.28. The minimum absolute atomic E-state index is 0.209. The van der Waals surface area contributed by atoms with Crippen LogP contribution in [0, 0.1) is 23.7 Å². The van der Waals surface area contributed by atoms with E-state index in [2.05, 4.69) is 96.4 Å². The van der Waals surface area contributed by atoms with Crippen molar-refractivity contribution in [3.8, 4) is 23.7 Å². The summed E-state index contributed by atoms with van der Waals surface area (Å²) in [5, 5.41) is 0. The van der Waals surface area contributed by atoms with Crippen molar-refractivity contribution >= 4 is 14.5 Å². The van der Waals surface area contributed by atoms with E-state index in [9.17, 15) is 0 Å². The molecule has 39 heavy (non-hydrogen) atoms. The van der Waals surface area contributed by atoms with Gasteiger partial charge in [-0.1, -0.05) is 91.9 Å². The molecular formula is C37H64P2+2. The summed E-state index contributed by atoms with van der Waals surface area (Å²) in [6.45, 7) is 19.1. The van der Waals surface area contributed by atoms with Gasteiger partial charge in [-0.25, -0.2) is 0 Å². The summed E-state index contributed by atoms with van der Waals surface area (Å²) in [4.78, 5) is 0.209. The molecule has 2 heteroatoms. The molecule has 0 amide bonds. The highest BCUT2D eigenvalue weighted by atomic mass is 31.2. The van der Waals surface area contributed by atoms with E-state index in [1.54, 1.807) is 0 Å². The Balaban J connectivity index is 4.01. The van der Waals surface area contributed by atoms with Crippen LogP contribution in [-0.4, -0.2) is 41.9 Å². The predicted molar refractivity (Wildman–Crippen MR) is 187 cm³/mol. The smallest absolute Gasteiger partial charge is 0.101 e. The molecule has 1 aromatic carbocycles. The van der Waals surface area contributed by atoms with Crippen molar-refractivity contribution in [2.24, 2.45) is 0 Å². The number of hydrogen-bond acceptors (Lipinski definition) is 0. The molecule has 0 aliphatic carbocycles. The molecule has 0 fully saturated rings. The Morgan fingerprint density at radius 2 is 0.795 bits per heavy atom. The zero-order chi connectivity index (χ0) is 29.0. The third-order valence-electron chi connectivity index (χ3n) is 9.08. The highest BCUT2D eigenvalue weighted by Gasteiger charge is 2.68. The largest absolute Gasteiger partial charge is 0.232 e. The number of unbranched alkanes of at least 4 members (excludes halogenated alkanes) is 6. The lowest BCUT2D eigenvalue weighted by Gasteiger charge is -2.47. The van der Waals surface area contributed by atoms with Gasteiger partial charge in [-0.3, -0.25) is 0 Å². The highest BCUT2D eigenvalue weighted by molar-refractivity contribution is 7.94. The van der Waals surface area contributed by atoms with Crippen LogP contribution in [0.2, 0.25) is 0 Å². The molecule has 0 saturated carbocycles. The van der Waals surface area contributed by atoms with Gasteiger partial charge in [0.2, 0.25) is 4.90 Å². The Morgan fingerprint density at radius 1 is 0.513 bits per heavy atom. The number of rotatable bonds is 20. The number of benzene rings is 1. The summed E-state index contributed by atoms with van der Waals surface area (Å²) in [6, 6.07) is 8.78. The number of hydrogen-bond donors (Lipinski definition) is 0. The lowest BCUT2D eigenvalue weighted by molar-refractivity contribution is 0.798. The molecule has 0 radical (unpaired) electrons. The molecule has 0 N–H and O–H groups in total. The molecule has 0 saturated heterocycles. The quantitative estimate of drug-likeness (QED) is 0.108. The van der Waals surface area contributed by atoms with E-state index >= 15 is 0 Å². The monoisotopic (exact) mass is 570 g/mol. The van der Waals surface area contributed by atoms with E-state index in [0.717, 1.165) is 5.56 Å². The van der Waals surface area contributed by atoms with Crippen molar-refractivity contribution in [2.75, 3.05) is 37.0 Å². The maximum absolute atomic E-state index is 4.31. The molecule has 0 aliphatic heterocycles. The van der Waals surface area contributed by atoms with E-state index in [1.807, 2.05) is 6.92 Å². The van der Waals surface area contributed by atoms with Gasteiger partial charge in [0.1, 0.15) is 0 Å². The molecule has 0 unspecified atom stereocenters. The van der Waals surface area contributed by atoms with Crippen LogP contribution < -0.4 is 0 Å². The average molecular weight is 571 g/mol. The summed E-state index contributed by atoms with van der Waals surface area (Å²) >= 11 is 0. The maximum Gasteiger partial charge on any atom is 0.232 e. The normalized spacial score (nSPS) is 12.0. The fraction of sp³-hybridized carbons (Fsp3) is 0.730. The molecular weight excluding hydrogens is 506 g/mol. The molecule has 1 rings (SSSR count). The van der Waals surface area contributed by atoms with Crippen molar-refractivity contribution < 1.29 is 0 Å². The first kappa shape index (κ1) is 36.2. The summed E-state index contributed by atoms with van der Waals surface area (Å²) in [5.74, 6) is 14.4. The van der Waals surface area contributed by atoms with Crippen molar-refractivity contribution in [1.29, 1.82) is 0 Å². The van der Waals surface area contributed by atoms with Gasteiger partial charge in [-0.05, 0) is 75.6 Å². The molecule has 0 bridgehead atoms. The SMILES string of the molecule is CC#Cc1ccc(C#CC(C)([P+](CCCC)(CCCC)CCCC)[P+](CCCC)(CCCC)CCCC)cc1. The van der Waals surface area contributed by atoms with Crippen LogP contribution in [0.15, 0.2) is 24.3 Å². The first-order valence-electron chi connectivity index (χ1n) is 16.7. The third kappa shape index (κ3) is 10.5. The Kier molecular flexibility index (Phi) is 18.7. The Labute approximate surface area is 247 Å². The van der Waals surface area contributed by atoms with Crippen LogP contribution in [-0.2, 0) is 0 Å². The fourth-order valence-corrected chi connectivity index (χ4v) is 21.9. The highest BCUT2D eigenvalue weighted by Crippen LogP contribution is 2.87. The minimum atomic E-state index is -1.31. The van der Waals surface area contributed by atoms with Crippen LogP contribution in [0.4, 0.5) is 0 Å². The van der Waals surface area contributed by atoms with Crippen LogP contribution in [0.1, 0.15) is 144 Å². The summed E-state index contributed by atoms with van der Waals surface area (Å²) in [6.07, 6.45) is 25.0. The maximum atomic E-state index is 4.31. The summed E-state index contributed by atoms with van der Waals surface area (Å²) < 4.78 is 0. The van der Waals surface area contributed by atoms with Crippen LogP contribution in [0.25, 0.3) is 0 Å². The first-order chi connectivity index (χ1) is 18.9. The van der Waals surface area contributed by atoms with E-state index in [0.29, 0.717) is 0 Å². The minimum Gasteiger partial charge on any atom is -0.101 e. The second-order valence-corrected chi connectivity index (χ2v) is 21.4. The molecule has 1 aromatic rings. The molecule has 0 heterocycles. The third-order valence-corrected chi connectivity index (χ3v) is 22.6. The summed E-state index contributed by atoms with van der Waals surface area (Å²) in [7, 11) is -2.63.